The van der Waals surface area contributed by atoms with E-state index in [0.29, 0.717) is 6.54 Å². The zero-order chi connectivity index (χ0) is 10.4. The van der Waals surface area contributed by atoms with E-state index in [2.05, 4.69) is 14.9 Å². The molecule has 0 fully saturated rings. The molecule has 5 heteroatoms. The van der Waals surface area contributed by atoms with Gasteiger partial charge in [-0.3, -0.25) is 0 Å². The van der Waals surface area contributed by atoms with E-state index >= 15 is 0 Å². The molecule has 0 spiro atoms. The van der Waals surface area contributed by atoms with Gasteiger partial charge in [0, 0.05) is 19.7 Å². The van der Waals surface area contributed by atoms with Crippen LogP contribution in [0.15, 0.2) is 17.4 Å². The summed E-state index contributed by atoms with van der Waals surface area (Å²) < 4.78 is 0. The first-order valence-corrected chi connectivity index (χ1v) is 5.77. The zero-order valence-electron chi connectivity index (χ0n) is 8.60. The van der Waals surface area contributed by atoms with Gasteiger partial charge in [-0.05, 0) is 19.2 Å². The van der Waals surface area contributed by atoms with Gasteiger partial charge in [0.1, 0.15) is 17.2 Å². The molecule has 0 aromatic carbocycles. The van der Waals surface area contributed by atoms with Crippen LogP contribution in [0.2, 0.25) is 0 Å². The summed E-state index contributed by atoms with van der Waals surface area (Å²) in [5, 5.41) is 0.995. The fraction of sp³-hybridized carbons (Fsp3) is 0.556. The van der Waals surface area contributed by atoms with Crippen molar-refractivity contribution < 1.29 is 0 Å². The van der Waals surface area contributed by atoms with Crippen molar-refractivity contribution in [1.82, 2.24) is 9.97 Å². The molecule has 0 aliphatic heterocycles. The molecule has 0 radical (unpaired) electrons. The zero-order valence-corrected chi connectivity index (χ0v) is 9.42. The van der Waals surface area contributed by atoms with Crippen LogP contribution in [-0.4, -0.2) is 36.4 Å². The molecular weight excluding hydrogens is 196 g/mol. The minimum absolute atomic E-state index is 0.713. The Morgan fingerprint density at radius 1 is 1.50 bits per heavy atom. The van der Waals surface area contributed by atoms with Crippen molar-refractivity contribution in [2.75, 3.05) is 31.3 Å². The molecule has 0 amide bonds. The third-order valence-electron chi connectivity index (χ3n) is 1.93. The second-order valence-corrected chi connectivity index (χ2v) is 3.81. The highest BCUT2D eigenvalue weighted by Gasteiger charge is 2.02. The number of nitrogens with zero attached hydrogens (tertiary/aromatic N) is 3. The third kappa shape index (κ3) is 3.16. The van der Waals surface area contributed by atoms with Gasteiger partial charge in [0.15, 0.2) is 0 Å². The number of anilines is 1. The van der Waals surface area contributed by atoms with Crippen molar-refractivity contribution in [2.45, 2.75) is 11.4 Å². The quantitative estimate of drug-likeness (QED) is 0.582. The normalized spacial score (nSPS) is 10.2. The van der Waals surface area contributed by atoms with Gasteiger partial charge in [0.25, 0.3) is 0 Å². The summed E-state index contributed by atoms with van der Waals surface area (Å²) in [6, 6.07) is 1.99. The van der Waals surface area contributed by atoms with Crippen LogP contribution in [-0.2, 0) is 0 Å². The van der Waals surface area contributed by atoms with Gasteiger partial charge in [-0.1, -0.05) is 0 Å². The summed E-state index contributed by atoms with van der Waals surface area (Å²) in [6.45, 7) is 1.64. The van der Waals surface area contributed by atoms with Gasteiger partial charge < -0.3 is 10.6 Å². The highest BCUT2D eigenvalue weighted by atomic mass is 32.2. The van der Waals surface area contributed by atoms with Gasteiger partial charge in [0.05, 0.1) is 0 Å². The van der Waals surface area contributed by atoms with E-state index in [4.69, 9.17) is 5.73 Å². The Morgan fingerprint density at radius 2 is 2.29 bits per heavy atom. The summed E-state index contributed by atoms with van der Waals surface area (Å²) in [5.74, 6) is 0.956. The maximum atomic E-state index is 5.45. The summed E-state index contributed by atoms with van der Waals surface area (Å²) in [4.78, 5) is 10.4. The molecule has 1 aromatic rings. The summed E-state index contributed by atoms with van der Waals surface area (Å²) in [5.41, 5.74) is 5.45. The highest BCUT2D eigenvalue weighted by molar-refractivity contribution is 7.98. The molecule has 4 nitrogen and oxygen atoms in total. The Balaban J connectivity index is 2.64. The number of thioether (sulfide) groups is 1. The molecule has 0 aliphatic rings. The molecule has 0 unspecified atom stereocenters. The lowest BCUT2D eigenvalue weighted by molar-refractivity contribution is 0.782. The number of hydrogen-bond acceptors (Lipinski definition) is 5. The predicted molar refractivity (Wildman–Crippen MR) is 60.8 cm³/mol. The maximum absolute atomic E-state index is 5.45. The highest BCUT2D eigenvalue weighted by Crippen LogP contribution is 2.16. The Labute approximate surface area is 88.9 Å². The van der Waals surface area contributed by atoms with Gasteiger partial charge in [-0.25, -0.2) is 9.97 Å². The van der Waals surface area contributed by atoms with Gasteiger partial charge in [-0.15, -0.1) is 11.8 Å². The Kier molecular flexibility index (Phi) is 4.69. The first-order chi connectivity index (χ1) is 6.77. The van der Waals surface area contributed by atoms with Crippen LogP contribution in [0.4, 0.5) is 5.82 Å². The van der Waals surface area contributed by atoms with Crippen LogP contribution < -0.4 is 10.6 Å². The van der Waals surface area contributed by atoms with Crippen molar-refractivity contribution >= 4 is 17.6 Å². The number of aromatic nitrogens is 2. The van der Waals surface area contributed by atoms with E-state index < -0.39 is 0 Å². The van der Waals surface area contributed by atoms with Crippen molar-refractivity contribution in [3.8, 4) is 0 Å². The minimum Gasteiger partial charge on any atom is -0.360 e. The molecule has 78 valence electrons. The maximum Gasteiger partial charge on any atom is 0.132 e. The van der Waals surface area contributed by atoms with Gasteiger partial charge in [-0.2, -0.15) is 0 Å². The topological polar surface area (TPSA) is 55.0 Å². The second-order valence-electron chi connectivity index (χ2n) is 2.98. The fourth-order valence-electron chi connectivity index (χ4n) is 1.09. The molecule has 0 aliphatic carbocycles. The molecule has 0 saturated carbocycles. The Bertz CT molecular complexity index is 279. The largest absolute Gasteiger partial charge is 0.360 e. The van der Waals surface area contributed by atoms with E-state index in [-0.39, 0.29) is 0 Å². The van der Waals surface area contributed by atoms with Crippen molar-refractivity contribution in [3.05, 3.63) is 12.4 Å². The van der Waals surface area contributed by atoms with Gasteiger partial charge in [0.2, 0.25) is 0 Å². The van der Waals surface area contributed by atoms with E-state index in [1.165, 1.54) is 0 Å². The SMILES string of the molecule is CSc1cc(N(C)CCCN)ncn1. The van der Waals surface area contributed by atoms with E-state index in [1.807, 2.05) is 19.4 Å². The van der Waals surface area contributed by atoms with Crippen molar-refractivity contribution in [3.63, 3.8) is 0 Å². The standard InChI is InChI=1S/C9H16N4S/c1-13(5-3-4-10)8-6-9(14-2)12-7-11-8/h6-7H,3-5,10H2,1-2H3. The third-order valence-corrected chi connectivity index (χ3v) is 2.57. The molecule has 1 aromatic heterocycles. The molecule has 1 heterocycles. The fourth-order valence-corrected chi connectivity index (χ4v) is 1.47. The van der Waals surface area contributed by atoms with Crippen molar-refractivity contribution in [1.29, 1.82) is 0 Å². The van der Waals surface area contributed by atoms with Crippen LogP contribution in [0.5, 0.6) is 0 Å². The number of rotatable bonds is 5. The molecule has 1 rings (SSSR count). The smallest absolute Gasteiger partial charge is 0.132 e. The summed E-state index contributed by atoms with van der Waals surface area (Å²) in [6.07, 6.45) is 4.58. The van der Waals surface area contributed by atoms with E-state index in [0.717, 1.165) is 23.8 Å². The molecule has 2 N–H and O–H groups in total. The first kappa shape index (κ1) is 11.3. The average molecular weight is 212 g/mol. The Hall–Kier alpha value is -0.810. The van der Waals surface area contributed by atoms with Crippen LogP contribution in [0.3, 0.4) is 0 Å². The lowest BCUT2D eigenvalue weighted by atomic mass is 10.4. The molecule has 14 heavy (non-hydrogen) atoms. The minimum atomic E-state index is 0.713. The van der Waals surface area contributed by atoms with Crippen LogP contribution in [0.1, 0.15) is 6.42 Å². The summed E-state index contributed by atoms with van der Waals surface area (Å²) in [7, 11) is 2.02. The van der Waals surface area contributed by atoms with Crippen LogP contribution >= 0.6 is 11.8 Å². The molecule has 0 atom stereocenters. The first-order valence-electron chi connectivity index (χ1n) is 4.55. The van der Waals surface area contributed by atoms with E-state index in [1.54, 1.807) is 18.1 Å². The Morgan fingerprint density at radius 3 is 2.93 bits per heavy atom. The second kappa shape index (κ2) is 5.82. The molecule has 0 bridgehead atoms. The molecule has 0 saturated heterocycles. The monoisotopic (exact) mass is 212 g/mol. The number of hydrogen-bond donors (Lipinski definition) is 1. The predicted octanol–water partition coefficient (Wildman–Crippen LogP) is 0.984. The lowest BCUT2D eigenvalue weighted by Crippen LogP contribution is -2.22. The van der Waals surface area contributed by atoms with Crippen LogP contribution in [0, 0.1) is 0 Å². The lowest BCUT2D eigenvalue weighted by Gasteiger charge is -2.17. The van der Waals surface area contributed by atoms with E-state index in [9.17, 15) is 0 Å². The number of nitrogens with two attached hydrogens (primary N) is 1. The van der Waals surface area contributed by atoms with Gasteiger partial charge >= 0.3 is 0 Å². The van der Waals surface area contributed by atoms with Crippen molar-refractivity contribution in [2.24, 2.45) is 5.73 Å². The molecular formula is C9H16N4S. The van der Waals surface area contributed by atoms with Crippen LogP contribution in [0.25, 0.3) is 0 Å². The summed E-state index contributed by atoms with van der Waals surface area (Å²) >= 11 is 1.62. The average Bonchev–Trinajstić information content (AvgIpc) is 2.26.